The van der Waals surface area contributed by atoms with Gasteiger partial charge in [-0.1, -0.05) is 40.2 Å². The van der Waals surface area contributed by atoms with Gasteiger partial charge in [-0.25, -0.2) is 0 Å². The summed E-state index contributed by atoms with van der Waals surface area (Å²) in [5, 5.41) is 0.805. The third kappa shape index (κ3) is 3.54. The van der Waals surface area contributed by atoms with E-state index in [4.69, 9.17) is 14.2 Å². The zero-order valence-corrected chi connectivity index (χ0v) is 11.0. The van der Waals surface area contributed by atoms with Gasteiger partial charge in [0.2, 0.25) is 0 Å². The van der Waals surface area contributed by atoms with Crippen LogP contribution in [0.3, 0.4) is 0 Å². The molecule has 3 nitrogen and oxygen atoms in total. The van der Waals surface area contributed by atoms with E-state index >= 15 is 0 Å². The van der Waals surface area contributed by atoms with Gasteiger partial charge in [0.15, 0.2) is 18.3 Å². The van der Waals surface area contributed by atoms with Crippen molar-refractivity contribution >= 4 is 22.0 Å². The van der Waals surface area contributed by atoms with Crippen molar-refractivity contribution in [3.63, 3.8) is 0 Å². The number of alkyl halides is 1. The fourth-order valence-corrected chi connectivity index (χ4v) is 1.48. The maximum Gasteiger partial charge on any atom is 0.188 e. The molecule has 16 heavy (non-hydrogen) atoms. The summed E-state index contributed by atoms with van der Waals surface area (Å²) in [5.41, 5.74) is 0.982. The summed E-state index contributed by atoms with van der Waals surface area (Å²) in [6.07, 6.45) is 3.98. The Hall–Kier alpha value is -1.00. The highest BCUT2D eigenvalue weighted by Gasteiger charge is 2.07. The van der Waals surface area contributed by atoms with Crippen LogP contribution in [0.25, 0.3) is 6.08 Å². The zero-order valence-electron chi connectivity index (χ0n) is 9.40. The molecular weight excluding hydrogens is 272 g/mol. The van der Waals surface area contributed by atoms with Gasteiger partial charge in [0.1, 0.15) is 0 Å². The van der Waals surface area contributed by atoms with Crippen LogP contribution in [0, 0.1) is 0 Å². The van der Waals surface area contributed by atoms with Crippen molar-refractivity contribution in [2.45, 2.75) is 0 Å². The zero-order chi connectivity index (χ0) is 11.8. The highest BCUT2D eigenvalue weighted by atomic mass is 79.9. The quantitative estimate of drug-likeness (QED) is 0.594. The van der Waals surface area contributed by atoms with Crippen molar-refractivity contribution < 1.29 is 14.2 Å². The Morgan fingerprint density at radius 1 is 1.31 bits per heavy atom. The number of hydrogen-bond donors (Lipinski definition) is 0. The van der Waals surface area contributed by atoms with E-state index in [0.29, 0.717) is 5.75 Å². The Labute approximate surface area is 104 Å². The second-order valence-electron chi connectivity index (χ2n) is 2.99. The normalized spacial score (nSPS) is 10.7. The highest BCUT2D eigenvalue weighted by molar-refractivity contribution is 9.09. The van der Waals surface area contributed by atoms with Gasteiger partial charge in [0.25, 0.3) is 0 Å². The minimum atomic E-state index is 0.210. The molecule has 0 spiro atoms. The van der Waals surface area contributed by atoms with E-state index in [0.717, 1.165) is 16.6 Å². The van der Waals surface area contributed by atoms with Crippen LogP contribution in [0.15, 0.2) is 24.3 Å². The molecule has 1 aromatic rings. The fraction of sp³-hybridized carbons (Fsp3) is 0.333. The van der Waals surface area contributed by atoms with Crippen LogP contribution in [-0.4, -0.2) is 26.3 Å². The molecule has 0 heterocycles. The summed E-state index contributed by atoms with van der Waals surface area (Å²) in [4.78, 5) is 0. The van der Waals surface area contributed by atoms with Crippen LogP contribution in [0.4, 0.5) is 0 Å². The van der Waals surface area contributed by atoms with Gasteiger partial charge in [0.05, 0.1) is 7.11 Å². The van der Waals surface area contributed by atoms with Crippen LogP contribution in [0.2, 0.25) is 0 Å². The first kappa shape index (κ1) is 13.1. The summed E-state index contributed by atoms with van der Waals surface area (Å²) in [6, 6.07) is 5.74. The van der Waals surface area contributed by atoms with Crippen LogP contribution in [0.5, 0.6) is 11.5 Å². The van der Waals surface area contributed by atoms with E-state index in [1.807, 2.05) is 30.4 Å². The first-order valence-electron chi connectivity index (χ1n) is 4.84. The third-order valence-corrected chi connectivity index (χ3v) is 2.31. The largest absolute Gasteiger partial charge is 0.492 e. The Balaban J connectivity index is 2.95. The summed E-state index contributed by atoms with van der Waals surface area (Å²) in [6.45, 7) is 0.210. The van der Waals surface area contributed by atoms with Crippen molar-refractivity contribution in [1.29, 1.82) is 0 Å². The number of allylic oxidation sites excluding steroid dienone is 1. The molecule has 0 aromatic heterocycles. The Morgan fingerprint density at radius 3 is 2.75 bits per heavy atom. The molecule has 0 fully saturated rings. The van der Waals surface area contributed by atoms with Gasteiger partial charge in [-0.2, -0.15) is 0 Å². The van der Waals surface area contributed by atoms with Gasteiger partial charge in [-0.05, 0) is 6.07 Å². The second-order valence-corrected chi connectivity index (χ2v) is 3.63. The molecule has 0 aliphatic carbocycles. The molecule has 0 amide bonds. The average Bonchev–Trinajstić information content (AvgIpc) is 2.33. The van der Waals surface area contributed by atoms with E-state index in [1.54, 1.807) is 14.2 Å². The van der Waals surface area contributed by atoms with Crippen LogP contribution >= 0.6 is 15.9 Å². The molecule has 88 valence electrons. The molecule has 0 bridgehead atoms. The van der Waals surface area contributed by atoms with Crippen molar-refractivity contribution in [1.82, 2.24) is 0 Å². The van der Waals surface area contributed by atoms with Gasteiger partial charge >= 0.3 is 0 Å². The molecule has 0 saturated heterocycles. The SMILES string of the molecule is COCOc1cccc(/C=C/CBr)c1OC. The molecule has 0 atom stereocenters. The highest BCUT2D eigenvalue weighted by Crippen LogP contribution is 2.31. The monoisotopic (exact) mass is 286 g/mol. The van der Waals surface area contributed by atoms with Crippen LogP contribution < -0.4 is 9.47 Å². The number of methoxy groups -OCH3 is 2. The summed E-state index contributed by atoms with van der Waals surface area (Å²) >= 11 is 3.33. The maximum absolute atomic E-state index is 5.40. The smallest absolute Gasteiger partial charge is 0.188 e. The molecule has 1 aromatic carbocycles. The Kier molecular flexibility index (Phi) is 5.96. The molecule has 0 unspecified atom stereocenters. The average molecular weight is 287 g/mol. The number of rotatable bonds is 6. The standard InChI is InChI=1S/C12H15BrO3/c1-14-9-16-11-7-3-5-10(6-4-8-13)12(11)15-2/h3-7H,8-9H2,1-2H3/b6-4+. The van der Waals surface area contributed by atoms with Gasteiger partial charge in [0, 0.05) is 18.0 Å². The topological polar surface area (TPSA) is 27.7 Å². The molecule has 0 aliphatic rings. The summed E-state index contributed by atoms with van der Waals surface area (Å²) < 4.78 is 15.6. The van der Waals surface area contributed by atoms with E-state index < -0.39 is 0 Å². The fourth-order valence-electron chi connectivity index (χ4n) is 1.29. The molecule has 0 aliphatic heterocycles. The molecule has 4 heteroatoms. The maximum atomic E-state index is 5.40. The third-order valence-electron chi connectivity index (χ3n) is 1.93. The van der Waals surface area contributed by atoms with Gasteiger partial charge < -0.3 is 14.2 Å². The lowest BCUT2D eigenvalue weighted by Crippen LogP contribution is -2.01. The van der Waals surface area contributed by atoms with Crippen molar-refractivity contribution in [2.75, 3.05) is 26.3 Å². The molecule has 0 radical (unpaired) electrons. The lowest BCUT2D eigenvalue weighted by molar-refractivity contribution is 0.0491. The molecule has 0 saturated carbocycles. The molecular formula is C12H15BrO3. The number of hydrogen-bond acceptors (Lipinski definition) is 3. The predicted molar refractivity (Wildman–Crippen MR) is 68.3 cm³/mol. The van der Waals surface area contributed by atoms with Crippen LogP contribution in [-0.2, 0) is 4.74 Å². The summed E-state index contributed by atoms with van der Waals surface area (Å²) in [7, 11) is 3.21. The van der Waals surface area contributed by atoms with E-state index in [-0.39, 0.29) is 6.79 Å². The number of halogens is 1. The summed E-state index contributed by atoms with van der Waals surface area (Å²) in [5.74, 6) is 1.40. The minimum Gasteiger partial charge on any atom is -0.492 e. The minimum absolute atomic E-state index is 0.210. The number of ether oxygens (including phenoxy) is 3. The predicted octanol–water partition coefficient (Wildman–Crippen LogP) is 3.09. The van der Waals surface area contributed by atoms with Gasteiger partial charge in [-0.3, -0.25) is 0 Å². The second kappa shape index (κ2) is 7.30. The number of para-hydroxylation sites is 1. The molecule has 0 N–H and O–H groups in total. The molecule has 1 rings (SSSR count). The lowest BCUT2D eigenvalue weighted by Gasteiger charge is -2.11. The van der Waals surface area contributed by atoms with Gasteiger partial charge in [-0.15, -0.1) is 0 Å². The Morgan fingerprint density at radius 2 is 2.12 bits per heavy atom. The first-order chi connectivity index (χ1) is 7.83. The van der Waals surface area contributed by atoms with E-state index in [2.05, 4.69) is 15.9 Å². The number of benzene rings is 1. The first-order valence-corrected chi connectivity index (χ1v) is 5.97. The lowest BCUT2D eigenvalue weighted by atomic mass is 10.1. The van der Waals surface area contributed by atoms with E-state index in [9.17, 15) is 0 Å². The van der Waals surface area contributed by atoms with Crippen molar-refractivity contribution in [3.8, 4) is 11.5 Å². The van der Waals surface area contributed by atoms with E-state index in [1.165, 1.54) is 0 Å². The Bertz CT molecular complexity index is 350. The van der Waals surface area contributed by atoms with Crippen LogP contribution in [0.1, 0.15) is 5.56 Å². The van der Waals surface area contributed by atoms with Crippen molar-refractivity contribution in [3.05, 3.63) is 29.8 Å². The van der Waals surface area contributed by atoms with Crippen molar-refractivity contribution in [2.24, 2.45) is 0 Å².